The van der Waals surface area contributed by atoms with Crippen LogP contribution in [0.15, 0.2) is 24.3 Å². The first-order valence-corrected chi connectivity index (χ1v) is 10.0. The van der Waals surface area contributed by atoms with Crippen LogP contribution in [-0.2, 0) is 16.1 Å². The van der Waals surface area contributed by atoms with Gasteiger partial charge in [0.05, 0.1) is 5.52 Å². The monoisotopic (exact) mass is 396 g/mol. The summed E-state index contributed by atoms with van der Waals surface area (Å²) in [4.78, 5) is 21.7. The minimum absolute atomic E-state index is 0.00217. The SMILES string of the molecule is COCc1nnc2c3ccccc3nc(N3CCN(C(=O)CC(C)(C)C)CC3)n12. The molecule has 0 unspecified atom stereocenters. The van der Waals surface area contributed by atoms with Gasteiger partial charge in [-0.3, -0.25) is 4.79 Å². The van der Waals surface area contributed by atoms with Crippen LogP contribution in [0.2, 0.25) is 0 Å². The van der Waals surface area contributed by atoms with Gasteiger partial charge in [-0.15, -0.1) is 10.2 Å². The van der Waals surface area contributed by atoms with Crippen molar-refractivity contribution in [3.8, 4) is 0 Å². The van der Waals surface area contributed by atoms with Gasteiger partial charge in [-0.1, -0.05) is 32.9 Å². The van der Waals surface area contributed by atoms with Crippen molar-refractivity contribution in [1.82, 2.24) is 24.5 Å². The van der Waals surface area contributed by atoms with Gasteiger partial charge in [-0.25, -0.2) is 9.38 Å². The third-order valence-corrected chi connectivity index (χ3v) is 5.17. The highest BCUT2D eigenvalue weighted by molar-refractivity contribution is 5.92. The number of fused-ring (bicyclic) bond motifs is 3. The van der Waals surface area contributed by atoms with Gasteiger partial charge in [0.2, 0.25) is 11.9 Å². The number of carbonyl (C=O) groups excluding carboxylic acids is 1. The van der Waals surface area contributed by atoms with Crippen molar-refractivity contribution in [2.24, 2.45) is 5.41 Å². The standard InChI is InChI=1S/C21H28N6O2/c1-21(2,3)13-18(28)25-9-11-26(12-10-25)20-22-16-8-6-5-7-15(16)19-24-23-17(14-29-4)27(19)20/h5-8H,9-14H2,1-4H3. The van der Waals surface area contributed by atoms with Gasteiger partial charge in [0.25, 0.3) is 0 Å². The van der Waals surface area contributed by atoms with Crippen LogP contribution in [0.3, 0.4) is 0 Å². The highest BCUT2D eigenvalue weighted by Gasteiger charge is 2.27. The van der Waals surface area contributed by atoms with Crippen molar-refractivity contribution in [3.05, 3.63) is 30.1 Å². The number of carbonyl (C=O) groups is 1. The smallest absolute Gasteiger partial charge is 0.223 e. The van der Waals surface area contributed by atoms with Gasteiger partial charge < -0.3 is 14.5 Å². The van der Waals surface area contributed by atoms with Crippen LogP contribution in [0.1, 0.15) is 33.0 Å². The first kappa shape index (κ1) is 19.6. The summed E-state index contributed by atoms with van der Waals surface area (Å²) in [5.74, 6) is 1.75. The Morgan fingerprint density at radius 1 is 1.10 bits per heavy atom. The zero-order valence-corrected chi connectivity index (χ0v) is 17.6. The number of amides is 1. The molecule has 0 radical (unpaired) electrons. The Morgan fingerprint density at radius 3 is 2.52 bits per heavy atom. The quantitative estimate of drug-likeness (QED) is 0.675. The second-order valence-corrected chi connectivity index (χ2v) is 8.74. The van der Waals surface area contributed by atoms with Crippen molar-refractivity contribution in [2.75, 3.05) is 38.2 Å². The lowest BCUT2D eigenvalue weighted by Gasteiger charge is -2.36. The maximum absolute atomic E-state index is 12.6. The fourth-order valence-electron chi connectivity index (χ4n) is 3.78. The Labute approximate surface area is 170 Å². The molecule has 8 nitrogen and oxygen atoms in total. The molecule has 0 N–H and O–H groups in total. The van der Waals surface area contributed by atoms with Crippen LogP contribution >= 0.6 is 0 Å². The topological polar surface area (TPSA) is 75.9 Å². The molecule has 1 amide bonds. The predicted molar refractivity (Wildman–Crippen MR) is 112 cm³/mol. The number of rotatable bonds is 4. The Kier molecular flexibility index (Phi) is 5.12. The van der Waals surface area contributed by atoms with E-state index in [1.54, 1.807) is 7.11 Å². The van der Waals surface area contributed by atoms with Crippen LogP contribution in [0.5, 0.6) is 0 Å². The van der Waals surface area contributed by atoms with Gasteiger partial charge >= 0.3 is 0 Å². The Hall–Kier alpha value is -2.74. The number of benzene rings is 1. The third-order valence-electron chi connectivity index (χ3n) is 5.17. The molecule has 0 aliphatic carbocycles. The van der Waals surface area contributed by atoms with Crippen LogP contribution in [0, 0.1) is 5.41 Å². The first-order chi connectivity index (χ1) is 13.9. The number of ether oxygens (including phenoxy) is 1. The molecule has 1 saturated heterocycles. The number of nitrogens with zero attached hydrogens (tertiary/aromatic N) is 6. The van der Waals surface area contributed by atoms with E-state index in [4.69, 9.17) is 9.72 Å². The maximum Gasteiger partial charge on any atom is 0.223 e. The molecule has 1 aliphatic rings. The molecule has 1 aliphatic heterocycles. The average molecular weight is 396 g/mol. The molecule has 2 aromatic heterocycles. The van der Waals surface area contributed by atoms with E-state index >= 15 is 0 Å². The minimum Gasteiger partial charge on any atom is -0.377 e. The number of anilines is 1. The number of hydrogen-bond donors (Lipinski definition) is 0. The van der Waals surface area contributed by atoms with Gasteiger partial charge in [0, 0.05) is 45.1 Å². The second kappa shape index (κ2) is 7.59. The van der Waals surface area contributed by atoms with Crippen LogP contribution in [0.4, 0.5) is 5.95 Å². The van der Waals surface area contributed by atoms with Crippen LogP contribution in [0.25, 0.3) is 16.6 Å². The zero-order chi connectivity index (χ0) is 20.6. The Morgan fingerprint density at radius 2 is 1.83 bits per heavy atom. The molecule has 1 aromatic carbocycles. The summed E-state index contributed by atoms with van der Waals surface area (Å²) >= 11 is 0. The van der Waals surface area contributed by atoms with E-state index in [1.807, 2.05) is 33.6 Å². The summed E-state index contributed by atoms with van der Waals surface area (Å²) in [6.45, 7) is 9.47. The summed E-state index contributed by atoms with van der Waals surface area (Å²) in [6.07, 6.45) is 0.564. The van der Waals surface area contributed by atoms with E-state index in [-0.39, 0.29) is 11.3 Å². The number of methoxy groups -OCH3 is 1. The first-order valence-electron chi connectivity index (χ1n) is 10.0. The average Bonchev–Trinajstić information content (AvgIpc) is 3.11. The molecule has 0 spiro atoms. The third kappa shape index (κ3) is 3.89. The fraction of sp³-hybridized carbons (Fsp3) is 0.524. The molecular formula is C21H28N6O2. The molecule has 3 aromatic rings. The number of piperazine rings is 1. The molecule has 0 saturated carbocycles. The van der Waals surface area contributed by atoms with Gasteiger partial charge in [-0.05, 0) is 17.5 Å². The van der Waals surface area contributed by atoms with Gasteiger partial charge in [0.15, 0.2) is 11.5 Å². The van der Waals surface area contributed by atoms with E-state index < -0.39 is 0 Å². The van der Waals surface area contributed by atoms with E-state index in [0.29, 0.717) is 26.1 Å². The summed E-state index contributed by atoms with van der Waals surface area (Å²) in [5.41, 5.74) is 1.67. The molecule has 3 heterocycles. The fourth-order valence-corrected chi connectivity index (χ4v) is 3.78. The Balaban J connectivity index is 1.65. The molecule has 1 fully saturated rings. The lowest BCUT2D eigenvalue weighted by Crippen LogP contribution is -2.50. The van der Waals surface area contributed by atoms with Gasteiger partial charge in [0.1, 0.15) is 6.61 Å². The normalized spacial score (nSPS) is 15.4. The number of aromatic nitrogens is 4. The molecule has 0 atom stereocenters. The largest absolute Gasteiger partial charge is 0.377 e. The van der Waals surface area contributed by atoms with E-state index in [1.165, 1.54) is 0 Å². The van der Waals surface area contributed by atoms with E-state index in [2.05, 4.69) is 35.9 Å². The van der Waals surface area contributed by atoms with E-state index in [0.717, 1.165) is 41.4 Å². The van der Waals surface area contributed by atoms with Crippen molar-refractivity contribution in [2.45, 2.75) is 33.8 Å². The highest BCUT2D eigenvalue weighted by Crippen LogP contribution is 2.26. The summed E-state index contributed by atoms with van der Waals surface area (Å²) < 4.78 is 7.31. The maximum atomic E-state index is 12.6. The second-order valence-electron chi connectivity index (χ2n) is 8.74. The predicted octanol–water partition coefficient (Wildman–Crippen LogP) is 2.51. The molecule has 154 valence electrons. The van der Waals surface area contributed by atoms with E-state index in [9.17, 15) is 4.79 Å². The van der Waals surface area contributed by atoms with Crippen LogP contribution < -0.4 is 4.90 Å². The molecule has 4 rings (SSSR count). The van der Waals surface area contributed by atoms with Crippen molar-refractivity contribution < 1.29 is 9.53 Å². The zero-order valence-electron chi connectivity index (χ0n) is 17.6. The lowest BCUT2D eigenvalue weighted by molar-refractivity contribution is -0.133. The summed E-state index contributed by atoms with van der Waals surface area (Å²) in [6, 6.07) is 7.96. The molecule has 0 bridgehead atoms. The van der Waals surface area contributed by atoms with Crippen molar-refractivity contribution in [1.29, 1.82) is 0 Å². The summed E-state index contributed by atoms with van der Waals surface area (Å²) in [7, 11) is 1.65. The minimum atomic E-state index is -0.00217. The van der Waals surface area contributed by atoms with Crippen molar-refractivity contribution in [3.63, 3.8) is 0 Å². The van der Waals surface area contributed by atoms with Crippen molar-refractivity contribution >= 4 is 28.4 Å². The molecule has 29 heavy (non-hydrogen) atoms. The Bertz CT molecular complexity index is 1030. The number of para-hydroxylation sites is 1. The van der Waals surface area contributed by atoms with Gasteiger partial charge in [-0.2, -0.15) is 0 Å². The lowest BCUT2D eigenvalue weighted by atomic mass is 9.91. The molecule has 8 heteroatoms. The van der Waals surface area contributed by atoms with Crippen LogP contribution in [-0.4, -0.2) is 63.7 Å². The number of hydrogen-bond acceptors (Lipinski definition) is 6. The summed E-state index contributed by atoms with van der Waals surface area (Å²) in [5, 5.41) is 9.70. The molecular weight excluding hydrogens is 368 g/mol. The highest BCUT2D eigenvalue weighted by atomic mass is 16.5.